The van der Waals surface area contributed by atoms with Crippen molar-refractivity contribution in [1.29, 1.82) is 0 Å². The maximum Gasteiger partial charge on any atom is 0.228 e. The first-order chi connectivity index (χ1) is 13.1. The molecule has 0 fully saturated rings. The second kappa shape index (κ2) is 12.7. The predicted octanol–water partition coefficient (Wildman–Crippen LogP) is 5.95. The third-order valence-electron chi connectivity index (χ3n) is 4.03. The lowest BCUT2D eigenvalue weighted by atomic mass is 10.1. The number of rotatable bonds is 10. The zero-order valence-corrected chi connectivity index (χ0v) is 19.7. The van der Waals surface area contributed by atoms with Gasteiger partial charge in [0.1, 0.15) is 6.17 Å². The Hall–Kier alpha value is -0.750. The van der Waals surface area contributed by atoms with Gasteiger partial charge in [-0.25, -0.2) is 0 Å². The summed E-state index contributed by atoms with van der Waals surface area (Å²) in [4.78, 5) is 12.0. The number of unbranched alkanes of at least 4 members (excludes halogenated alkanes) is 3. The van der Waals surface area contributed by atoms with Gasteiger partial charge in [0.05, 0.1) is 0 Å². The van der Waals surface area contributed by atoms with E-state index in [2.05, 4.69) is 35.0 Å². The number of carbonyl (C=O) groups excluding carboxylic acids is 1. The molecule has 0 saturated carbocycles. The number of alkyl halides is 3. The maximum atomic E-state index is 12.0. The standard InChI is InChI=1S/C20H30Cl3N3OS/c1-4-5-6-7-8-15-9-11-16(12-10-15)24-19(28)26-18(20(21,22)23)25-17(27)13-14(2)3/h9-12,14,18H,4-8,13H2,1-3H3,(H,25,27)(H2,24,26,28)/t18-/m1/s1. The van der Waals surface area contributed by atoms with E-state index in [0.717, 1.165) is 12.1 Å². The van der Waals surface area contributed by atoms with Crippen LogP contribution in [0.4, 0.5) is 5.69 Å². The van der Waals surface area contributed by atoms with E-state index in [4.69, 9.17) is 47.0 Å². The van der Waals surface area contributed by atoms with E-state index in [-0.39, 0.29) is 16.9 Å². The molecule has 28 heavy (non-hydrogen) atoms. The van der Waals surface area contributed by atoms with Crippen molar-refractivity contribution in [3.05, 3.63) is 29.8 Å². The van der Waals surface area contributed by atoms with Gasteiger partial charge in [-0.05, 0) is 48.7 Å². The summed E-state index contributed by atoms with van der Waals surface area (Å²) in [5.74, 6) is -0.0179. The van der Waals surface area contributed by atoms with Crippen molar-refractivity contribution in [3.8, 4) is 0 Å². The molecule has 1 rings (SSSR count). The highest BCUT2D eigenvalue weighted by Gasteiger charge is 2.34. The molecule has 0 spiro atoms. The highest BCUT2D eigenvalue weighted by atomic mass is 35.6. The summed E-state index contributed by atoms with van der Waals surface area (Å²) >= 11 is 23.3. The molecule has 8 heteroatoms. The van der Waals surface area contributed by atoms with Crippen molar-refractivity contribution in [2.45, 2.75) is 69.3 Å². The Labute approximate surface area is 189 Å². The van der Waals surface area contributed by atoms with E-state index in [1.807, 2.05) is 26.0 Å². The van der Waals surface area contributed by atoms with E-state index >= 15 is 0 Å². The average molecular weight is 467 g/mol. The first-order valence-electron chi connectivity index (χ1n) is 9.64. The number of nitrogens with one attached hydrogen (secondary N) is 3. The van der Waals surface area contributed by atoms with Crippen molar-refractivity contribution >= 4 is 63.7 Å². The Morgan fingerprint density at radius 3 is 2.25 bits per heavy atom. The Bertz CT molecular complexity index is 618. The highest BCUT2D eigenvalue weighted by molar-refractivity contribution is 7.80. The van der Waals surface area contributed by atoms with E-state index in [0.29, 0.717) is 6.42 Å². The lowest BCUT2D eigenvalue weighted by Gasteiger charge is -2.28. The summed E-state index contributed by atoms with van der Waals surface area (Å²) in [5.41, 5.74) is 2.12. The van der Waals surface area contributed by atoms with Crippen molar-refractivity contribution in [2.24, 2.45) is 5.92 Å². The van der Waals surface area contributed by atoms with Crippen LogP contribution in [0.25, 0.3) is 0 Å². The predicted molar refractivity (Wildman–Crippen MR) is 125 cm³/mol. The fourth-order valence-electron chi connectivity index (χ4n) is 2.60. The Kier molecular flexibility index (Phi) is 11.5. The van der Waals surface area contributed by atoms with Crippen LogP contribution in [0.3, 0.4) is 0 Å². The number of hydrogen-bond acceptors (Lipinski definition) is 2. The first-order valence-corrected chi connectivity index (χ1v) is 11.2. The lowest BCUT2D eigenvalue weighted by Crippen LogP contribution is -2.56. The second-order valence-electron chi connectivity index (χ2n) is 7.25. The summed E-state index contributed by atoms with van der Waals surface area (Å²) < 4.78 is -1.75. The minimum absolute atomic E-state index is 0.196. The zero-order chi connectivity index (χ0) is 21.2. The molecule has 0 aliphatic heterocycles. The zero-order valence-electron chi connectivity index (χ0n) is 16.7. The molecule has 1 atom stereocenters. The number of halogens is 3. The van der Waals surface area contributed by atoms with Gasteiger partial charge in [-0.3, -0.25) is 4.79 Å². The largest absolute Gasteiger partial charge is 0.339 e. The molecule has 4 nitrogen and oxygen atoms in total. The van der Waals surface area contributed by atoms with Crippen molar-refractivity contribution in [3.63, 3.8) is 0 Å². The molecule has 0 bridgehead atoms. The fourth-order valence-corrected chi connectivity index (χ4v) is 3.16. The average Bonchev–Trinajstić information content (AvgIpc) is 2.58. The van der Waals surface area contributed by atoms with Crippen molar-refractivity contribution in [2.75, 3.05) is 5.32 Å². The lowest BCUT2D eigenvalue weighted by molar-refractivity contribution is -0.122. The van der Waals surface area contributed by atoms with Crippen LogP contribution >= 0.6 is 47.0 Å². The number of anilines is 1. The third-order valence-corrected chi connectivity index (χ3v) is 4.91. The van der Waals surface area contributed by atoms with Crippen molar-refractivity contribution < 1.29 is 4.79 Å². The summed E-state index contributed by atoms with van der Waals surface area (Å²) in [7, 11) is 0. The number of carbonyl (C=O) groups is 1. The Balaban J connectivity index is 2.58. The van der Waals surface area contributed by atoms with Crippen LogP contribution in [0.5, 0.6) is 0 Å². The third kappa shape index (κ3) is 10.7. The van der Waals surface area contributed by atoms with Crippen LogP contribution in [0.2, 0.25) is 0 Å². The molecule has 0 radical (unpaired) electrons. The Morgan fingerprint density at radius 1 is 1.07 bits per heavy atom. The van der Waals surface area contributed by atoms with Gasteiger partial charge in [0.25, 0.3) is 0 Å². The molecule has 0 aliphatic carbocycles. The van der Waals surface area contributed by atoms with E-state index in [1.165, 1.54) is 31.2 Å². The topological polar surface area (TPSA) is 53.2 Å². The van der Waals surface area contributed by atoms with Crippen LogP contribution < -0.4 is 16.0 Å². The van der Waals surface area contributed by atoms with Gasteiger partial charge < -0.3 is 16.0 Å². The van der Waals surface area contributed by atoms with E-state index < -0.39 is 9.96 Å². The molecule has 0 heterocycles. The van der Waals surface area contributed by atoms with Gasteiger partial charge in [0, 0.05) is 12.1 Å². The van der Waals surface area contributed by atoms with Gasteiger partial charge in [0.15, 0.2) is 5.11 Å². The van der Waals surface area contributed by atoms with Crippen molar-refractivity contribution in [1.82, 2.24) is 10.6 Å². The van der Waals surface area contributed by atoms with Crippen LogP contribution in [0.15, 0.2) is 24.3 Å². The number of hydrogen-bond donors (Lipinski definition) is 3. The van der Waals surface area contributed by atoms with Crippen LogP contribution in [0.1, 0.15) is 58.4 Å². The molecule has 1 amide bonds. The van der Waals surface area contributed by atoms with Crippen LogP contribution in [-0.4, -0.2) is 21.0 Å². The molecule has 0 aromatic heterocycles. The summed E-state index contributed by atoms with van der Waals surface area (Å²) in [6.45, 7) is 6.09. The second-order valence-corrected chi connectivity index (χ2v) is 10.0. The number of thiocarbonyl (C=S) groups is 1. The SMILES string of the molecule is CCCCCCc1ccc(NC(=S)N[C@@H](NC(=O)CC(C)C)C(Cl)(Cl)Cl)cc1. The summed E-state index contributed by atoms with van der Waals surface area (Å²) in [5, 5.41) is 8.86. The van der Waals surface area contributed by atoms with Crippen LogP contribution in [0, 0.1) is 5.92 Å². The minimum Gasteiger partial charge on any atom is -0.339 e. The van der Waals surface area contributed by atoms with E-state index in [9.17, 15) is 4.79 Å². The molecule has 0 unspecified atom stereocenters. The summed E-state index contributed by atoms with van der Waals surface area (Å²) in [6, 6.07) is 8.08. The molecule has 1 aromatic rings. The number of amides is 1. The quantitative estimate of drug-likeness (QED) is 0.172. The minimum atomic E-state index is -1.75. The van der Waals surface area contributed by atoms with E-state index in [1.54, 1.807) is 0 Å². The normalized spacial score (nSPS) is 12.5. The van der Waals surface area contributed by atoms with Gasteiger partial charge >= 0.3 is 0 Å². The number of aryl methyl sites for hydroxylation is 1. The summed E-state index contributed by atoms with van der Waals surface area (Å²) in [6.07, 6.45) is 5.42. The van der Waals surface area contributed by atoms with Crippen LogP contribution in [-0.2, 0) is 11.2 Å². The molecule has 158 valence electrons. The van der Waals surface area contributed by atoms with Gasteiger partial charge in [0.2, 0.25) is 9.70 Å². The number of benzene rings is 1. The van der Waals surface area contributed by atoms with Gasteiger partial charge in [-0.1, -0.05) is 87.0 Å². The molecular formula is C20H30Cl3N3OS. The monoisotopic (exact) mass is 465 g/mol. The molecule has 1 aromatic carbocycles. The molecule has 3 N–H and O–H groups in total. The smallest absolute Gasteiger partial charge is 0.228 e. The first kappa shape index (κ1) is 25.3. The molecule has 0 aliphatic rings. The molecular weight excluding hydrogens is 437 g/mol. The fraction of sp³-hybridized carbons (Fsp3) is 0.600. The van der Waals surface area contributed by atoms with Gasteiger partial charge in [-0.15, -0.1) is 0 Å². The maximum absolute atomic E-state index is 12.0. The highest BCUT2D eigenvalue weighted by Crippen LogP contribution is 2.29. The Morgan fingerprint density at radius 2 is 1.71 bits per heavy atom. The van der Waals surface area contributed by atoms with Gasteiger partial charge in [-0.2, -0.15) is 0 Å². The molecule has 0 saturated heterocycles.